The van der Waals surface area contributed by atoms with Gasteiger partial charge in [0.15, 0.2) is 4.90 Å². The molecule has 0 bridgehead atoms. The molecule has 1 aliphatic rings. The second-order valence-electron chi connectivity index (χ2n) is 4.84. The fraction of sp³-hybridized carbons (Fsp3) is 0.500. The Labute approximate surface area is 131 Å². The Hall–Kier alpha value is -1.03. The fourth-order valence-corrected chi connectivity index (χ4v) is 4.33. The first-order valence-electron chi connectivity index (χ1n) is 6.47. The van der Waals surface area contributed by atoms with Gasteiger partial charge in [-0.1, -0.05) is 15.9 Å². The van der Waals surface area contributed by atoms with Crippen molar-refractivity contribution in [2.24, 2.45) is 0 Å². The molecule has 1 aromatic rings. The first-order valence-corrected chi connectivity index (χ1v) is 8.71. The maximum absolute atomic E-state index is 12.6. The molecule has 0 radical (unpaired) electrons. The standard InChI is InChI=1S/C12H16BrN3O4S/c1-14-10-4-6-15(7-5-10)21(19,20)12-3-2-9(13)8-11(12)16(17)18/h2-3,8,10,14H,4-7H2,1H3. The molecule has 0 amide bonds. The highest BCUT2D eigenvalue weighted by atomic mass is 79.9. The summed E-state index contributed by atoms with van der Waals surface area (Å²) in [6.07, 6.45) is 1.39. The van der Waals surface area contributed by atoms with Crippen LogP contribution in [0.4, 0.5) is 5.69 Å². The van der Waals surface area contributed by atoms with E-state index in [1.807, 2.05) is 7.05 Å². The number of benzene rings is 1. The number of nitrogens with one attached hydrogen (secondary N) is 1. The van der Waals surface area contributed by atoms with Crippen molar-refractivity contribution in [2.45, 2.75) is 23.8 Å². The lowest BCUT2D eigenvalue weighted by atomic mass is 10.1. The van der Waals surface area contributed by atoms with Gasteiger partial charge in [-0.25, -0.2) is 8.42 Å². The summed E-state index contributed by atoms with van der Waals surface area (Å²) in [5, 5.41) is 14.2. The predicted octanol–water partition coefficient (Wildman–Crippen LogP) is 1.73. The van der Waals surface area contributed by atoms with E-state index in [0.29, 0.717) is 30.4 Å². The molecule has 0 atom stereocenters. The zero-order chi connectivity index (χ0) is 15.6. The highest BCUT2D eigenvalue weighted by Gasteiger charge is 2.33. The van der Waals surface area contributed by atoms with E-state index in [-0.39, 0.29) is 10.9 Å². The van der Waals surface area contributed by atoms with Gasteiger partial charge in [0.1, 0.15) is 0 Å². The van der Waals surface area contributed by atoms with Crippen LogP contribution >= 0.6 is 15.9 Å². The summed E-state index contributed by atoms with van der Waals surface area (Å²) >= 11 is 3.12. The Bertz CT molecular complexity index is 642. The summed E-state index contributed by atoms with van der Waals surface area (Å²) in [6, 6.07) is 4.28. The minimum absolute atomic E-state index is 0.251. The Morgan fingerprint density at radius 1 is 1.38 bits per heavy atom. The van der Waals surface area contributed by atoms with Crippen LogP contribution in [-0.4, -0.2) is 43.8 Å². The molecule has 116 valence electrons. The van der Waals surface area contributed by atoms with E-state index in [1.165, 1.54) is 22.5 Å². The molecular weight excluding hydrogens is 362 g/mol. The molecule has 2 rings (SSSR count). The van der Waals surface area contributed by atoms with Crippen LogP contribution in [0, 0.1) is 10.1 Å². The molecule has 0 saturated carbocycles. The van der Waals surface area contributed by atoms with E-state index < -0.39 is 20.6 Å². The Morgan fingerprint density at radius 2 is 2.00 bits per heavy atom. The Morgan fingerprint density at radius 3 is 2.52 bits per heavy atom. The minimum atomic E-state index is -3.84. The van der Waals surface area contributed by atoms with Crippen LogP contribution < -0.4 is 5.32 Å². The molecule has 7 nitrogen and oxygen atoms in total. The van der Waals surface area contributed by atoms with Gasteiger partial charge in [-0.15, -0.1) is 0 Å². The molecule has 1 N–H and O–H groups in total. The minimum Gasteiger partial charge on any atom is -0.317 e. The molecule has 9 heteroatoms. The SMILES string of the molecule is CNC1CCN(S(=O)(=O)c2ccc(Br)cc2[N+](=O)[O-])CC1. The van der Waals surface area contributed by atoms with Crippen LogP contribution in [-0.2, 0) is 10.0 Å². The fourth-order valence-electron chi connectivity index (χ4n) is 2.38. The van der Waals surface area contributed by atoms with E-state index in [1.54, 1.807) is 0 Å². The van der Waals surface area contributed by atoms with Gasteiger partial charge in [0.2, 0.25) is 10.0 Å². The van der Waals surface area contributed by atoms with Crippen molar-refractivity contribution in [2.75, 3.05) is 20.1 Å². The number of halogens is 1. The molecule has 1 fully saturated rings. The van der Waals surface area contributed by atoms with E-state index in [0.717, 1.165) is 0 Å². The number of nitrogens with zero attached hydrogens (tertiary/aromatic N) is 2. The number of piperidine rings is 1. The molecule has 0 aliphatic carbocycles. The van der Waals surface area contributed by atoms with Crippen molar-refractivity contribution in [1.82, 2.24) is 9.62 Å². The van der Waals surface area contributed by atoms with Crippen molar-refractivity contribution >= 4 is 31.6 Å². The second-order valence-corrected chi connectivity index (χ2v) is 7.66. The lowest BCUT2D eigenvalue weighted by Crippen LogP contribution is -2.43. The van der Waals surface area contributed by atoms with Gasteiger partial charge in [-0.2, -0.15) is 4.31 Å². The van der Waals surface area contributed by atoms with Crippen molar-refractivity contribution in [1.29, 1.82) is 0 Å². The molecule has 0 aromatic heterocycles. The predicted molar refractivity (Wildman–Crippen MR) is 81.6 cm³/mol. The maximum atomic E-state index is 12.6. The van der Waals surface area contributed by atoms with Gasteiger partial charge in [0.05, 0.1) is 4.92 Å². The van der Waals surface area contributed by atoms with E-state index in [9.17, 15) is 18.5 Å². The first kappa shape index (κ1) is 16.3. The van der Waals surface area contributed by atoms with Crippen LogP contribution in [0.1, 0.15) is 12.8 Å². The van der Waals surface area contributed by atoms with Gasteiger partial charge in [-0.05, 0) is 32.0 Å². The maximum Gasteiger partial charge on any atom is 0.290 e. The van der Waals surface area contributed by atoms with Gasteiger partial charge in [0.25, 0.3) is 5.69 Å². The number of hydrogen-bond acceptors (Lipinski definition) is 5. The van der Waals surface area contributed by atoms with Crippen LogP contribution in [0.5, 0.6) is 0 Å². The van der Waals surface area contributed by atoms with E-state index in [2.05, 4.69) is 21.2 Å². The lowest BCUT2D eigenvalue weighted by Gasteiger charge is -2.30. The highest BCUT2D eigenvalue weighted by Crippen LogP contribution is 2.30. The number of sulfonamides is 1. The highest BCUT2D eigenvalue weighted by molar-refractivity contribution is 9.10. The molecular formula is C12H16BrN3O4S. The van der Waals surface area contributed by atoms with Gasteiger partial charge >= 0.3 is 0 Å². The van der Waals surface area contributed by atoms with Gasteiger partial charge in [-0.3, -0.25) is 10.1 Å². The summed E-state index contributed by atoms with van der Waals surface area (Å²) in [4.78, 5) is 10.2. The average Bonchev–Trinajstić information content (AvgIpc) is 2.47. The van der Waals surface area contributed by atoms with Crippen molar-refractivity contribution in [3.8, 4) is 0 Å². The summed E-state index contributed by atoms with van der Waals surface area (Å²) in [7, 11) is -2.00. The molecule has 1 aliphatic heterocycles. The number of hydrogen-bond donors (Lipinski definition) is 1. The third kappa shape index (κ3) is 3.42. The normalized spacial score (nSPS) is 17.8. The third-order valence-corrected chi connectivity index (χ3v) is 6.04. The topological polar surface area (TPSA) is 92.6 Å². The largest absolute Gasteiger partial charge is 0.317 e. The number of nitro benzene ring substituents is 1. The summed E-state index contributed by atoms with van der Waals surface area (Å²) < 4.78 is 27.0. The molecule has 0 spiro atoms. The number of nitro groups is 1. The zero-order valence-corrected chi connectivity index (χ0v) is 13.9. The van der Waals surface area contributed by atoms with E-state index in [4.69, 9.17) is 0 Å². The van der Waals surface area contributed by atoms with Crippen molar-refractivity contribution in [3.05, 3.63) is 32.8 Å². The Kier molecular flexibility index (Phi) is 4.97. The summed E-state index contributed by atoms with van der Waals surface area (Å²) in [5.74, 6) is 0. The molecule has 21 heavy (non-hydrogen) atoms. The van der Waals surface area contributed by atoms with Crippen molar-refractivity contribution < 1.29 is 13.3 Å². The Balaban J connectivity index is 2.34. The lowest BCUT2D eigenvalue weighted by molar-refractivity contribution is -0.387. The monoisotopic (exact) mass is 377 g/mol. The van der Waals surface area contributed by atoms with Crippen LogP contribution in [0.15, 0.2) is 27.6 Å². The van der Waals surface area contributed by atoms with Crippen molar-refractivity contribution in [3.63, 3.8) is 0 Å². The first-order chi connectivity index (χ1) is 9.86. The third-order valence-electron chi connectivity index (χ3n) is 3.60. The van der Waals surface area contributed by atoms with Gasteiger partial charge in [0, 0.05) is 29.7 Å². The molecule has 0 unspecified atom stereocenters. The quantitative estimate of drug-likeness (QED) is 0.636. The van der Waals surface area contributed by atoms with Crippen LogP contribution in [0.2, 0.25) is 0 Å². The van der Waals surface area contributed by atoms with Crippen LogP contribution in [0.3, 0.4) is 0 Å². The average molecular weight is 378 g/mol. The molecule has 1 heterocycles. The zero-order valence-electron chi connectivity index (χ0n) is 11.5. The van der Waals surface area contributed by atoms with Gasteiger partial charge < -0.3 is 5.32 Å². The molecule has 1 saturated heterocycles. The van der Waals surface area contributed by atoms with E-state index >= 15 is 0 Å². The molecule has 1 aromatic carbocycles. The van der Waals surface area contributed by atoms with Crippen LogP contribution in [0.25, 0.3) is 0 Å². The number of rotatable bonds is 4. The summed E-state index contributed by atoms with van der Waals surface area (Å²) in [5.41, 5.74) is -0.403. The summed E-state index contributed by atoms with van der Waals surface area (Å²) in [6.45, 7) is 0.724. The second kappa shape index (κ2) is 6.39. The smallest absolute Gasteiger partial charge is 0.290 e.